The van der Waals surface area contributed by atoms with Gasteiger partial charge in [-0.15, -0.1) is 0 Å². The molecule has 1 aromatic carbocycles. The number of benzene rings is 1. The van der Waals surface area contributed by atoms with Crippen LogP contribution in [0, 0.1) is 0 Å². The van der Waals surface area contributed by atoms with E-state index in [0.29, 0.717) is 5.56 Å². The monoisotopic (exact) mass is 323 g/mol. The van der Waals surface area contributed by atoms with E-state index in [-0.39, 0.29) is 6.54 Å². The summed E-state index contributed by atoms with van der Waals surface area (Å²) in [5, 5.41) is 20.3. The lowest BCUT2D eigenvalue weighted by atomic mass is 10.1. The molecule has 0 radical (unpaired) electrons. The summed E-state index contributed by atoms with van der Waals surface area (Å²) >= 11 is 0. The van der Waals surface area contributed by atoms with Crippen molar-refractivity contribution in [2.45, 2.75) is 45.4 Å². The average Bonchev–Trinajstić information content (AvgIpc) is 2.41. The van der Waals surface area contributed by atoms with E-state index in [0.717, 1.165) is 5.56 Å². The van der Waals surface area contributed by atoms with Gasteiger partial charge in [-0.25, -0.2) is 4.79 Å². The molecule has 0 aromatic heterocycles. The normalized spacial score (nSPS) is 12.5. The lowest BCUT2D eigenvalue weighted by molar-refractivity contribution is -0.146. The smallest absolute Gasteiger partial charge is 0.338 e. The molecule has 0 saturated carbocycles. The van der Waals surface area contributed by atoms with E-state index < -0.39 is 36.0 Å². The van der Waals surface area contributed by atoms with E-state index in [1.54, 1.807) is 45.0 Å². The minimum atomic E-state index is -1.22. The van der Waals surface area contributed by atoms with E-state index in [4.69, 9.17) is 14.9 Å². The summed E-state index contributed by atoms with van der Waals surface area (Å²) in [6, 6.07) is 5.31. The Labute approximate surface area is 134 Å². The zero-order valence-corrected chi connectivity index (χ0v) is 13.3. The summed E-state index contributed by atoms with van der Waals surface area (Å²) in [4.78, 5) is 33.4. The molecule has 0 spiro atoms. The van der Waals surface area contributed by atoms with Gasteiger partial charge < -0.3 is 14.9 Å². The van der Waals surface area contributed by atoms with Crippen molar-refractivity contribution in [2.24, 2.45) is 0 Å². The predicted molar refractivity (Wildman–Crippen MR) is 82.1 cm³/mol. The molecule has 0 bridgehead atoms. The fourth-order valence-corrected chi connectivity index (χ4v) is 1.76. The molecule has 1 rings (SSSR count). The number of carbonyl (C=O) groups is 3. The van der Waals surface area contributed by atoms with Gasteiger partial charge in [-0.05, 0) is 38.5 Å². The average molecular weight is 323 g/mol. The number of nitrogens with one attached hydrogen (secondary N) is 1. The second-order valence-electron chi connectivity index (χ2n) is 6.07. The Morgan fingerprint density at radius 1 is 1.13 bits per heavy atom. The summed E-state index contributed by atoms with van der Waals surface area (Å²) in [6.07, 6.45) is -0.509. The van der Waals surface area contributed by atoms with Crippen LogP contribution in [0.3, 0.4) is 0 Å². The molecule has 0 aliphatic heterocycles. The highest BCUT2D eigenvalue weighted by molar-refractivity contribution is 5.89. The van der Waals surface area contributed by atoms with Crippen molar-refractivity contribution < 1.29 is 29.3 Å². The van der Waals surface area contributed by atoms with Crippen molar-refractivity contribution in [3.8, 4) is 0 Å². The van der Waals surface area contributed by atoms with Crippen molar-refractivity contribution in [3.05, 3.63) is 35.4 Å². The van der Waals surface area contributed by atoms with E-state index >= 15 is 0 Å². The Morgan fingerprint density at radius 2 is 1.70 bits per heavy atom. The Kier molecular flexibility index (Phi) is 6.27. The van der Waals surface area contributed by atoms with Crippen LogP contribution in [-0.4, -0.2) is 39.8 Å². The number of carbonyl (C=O) groups excluding carboxylic acids is 1. The summed E-state index contributed by atoms with van der Waals surface area (Å²) in [5.74, 6) is -2.85. The molecule has 7 heteroatoms. The third kappa shape index (κ3) is 6.92. The van der Waals surface area contributed by atoms with Gasteiger partial charge in [-0.3, -0.25) is 14.9 Å². The van der Waals surface area contributed by atoms with Crippen LogP contribution in [-0.2, 0) is 20.9 Å². The van der Waals surface area contributed by atoms with Crippen molar-refractivity contribution in [2.75, 3.05) is 0 Å². The third-order valence-corrected chi connectivity index (χ3v) is 2.82. The number of carboxylic acids is 2. The summed E-state index contributed by atoms with van der Waals surface area (Å²) in [5.41, 5.74) is 0.543. The van der Waals surface area contributed by atoms with Gasteiger partial charge in [0, 0.05) is 6.54 Å². The molecule has 0 amide bonds. The van der Waals surface area contributed by atoms with Crippen LogP contribution >= 0.6 is 0 Å². The standard InChI is InChI=1S/C16H21NO6/c1-16(2,3)23-15(22)11-6-4-10(5-7-11)9-17-12(14(20)21)8-13(18)19/h4-7,12,17H,8-9H2,1-3H3,(H,18,19)(H,20,21). The number of carboxylic acid groups (broad SMARTS) is 2. The van der Waals surface area contributed by atoms with Crippen LogP contribution in [0.5, 0.6) is 0 Å². The second kappa shape index (κ2) is 7.73. The molecule has 126 valence electrons. The molecule has 0 heterocycles. The first kappa shape index (κ1) is 18.6. The van der Waals surface area contributed by atoms with E-state index in [1.807, 2.05) is 0 Å². The quantitative estimate of drug-likeness (QED) is 0.654. The molecule has 0 aliphatic carbocycles. The van der Waals surface area contributed by atoms with Crippen molar-refractivity contribution in [3.63, 3.8) is 0 Å². The molecule has 0 saturated heterocycles. The molecular formula is C16H21NO6. The Hall–Kier alpha value is -2.41. The first-order valence-corrected chi connectivity index (χ1v) is 7.09. The number of hydrogen-bond acceptors (Lipinski definition) is 5. The molecule has 0 aliphatic rings. The zero-order chi connectivity index (χ0) is 17.6. The Morgan fingerprint density at radius 3 is 2.13 bits per heavy atom. The van der Waals surface area contributed by atoms with Crippen LogP contribution in [0.2, 0.25) is 0 Å². The number of esters is 1. The highest BCUT2D eigenvalue weighted by Crippen LogP contribution is 2.13. The highest BCUT2D eigenvalue weighted by Gasteiger charge is 2.20. The molecule has 7 nitrogen and oxygen atoms in total. The lowest BCUT2D eigenvalue weighted by Crippen LogP contribution is -2.38. The first-order valence-electron chi connectivity index (χ1n) is 7.09. The SMILES string of the molecule is CC(C)(C)OC(=O)c1ccc(CNC(CC(=O)O)C(=O)O)cc1. The van der Waals surface area contributed by atoms with Crippen molar-refractivity contribution >= 4 is 17.9 Å². The lowest BCUT2D eigenvalue weighted by Gasteiger charge is -2.19. The Bertz CT molecular complexity index is 573. The number of ether oxygens (including phenoxy) is 1. The molecular weight excluding hydrogens is 302 g/mol. The van der Waals surface area contributed by atoms with Gasteiger partial charge in [0.15, 0.2) is 0 Å². The van der Waals surface area contributed by atoms with Crippen LogP contribution in [0.25, 0.3) is 0 Å². The van der Waals surface area contributed by atoms with Crippen molar-refractivity contribution in [1.82, 2.24) is 5.32 Å². The summed E-state index contributed by atoms with van der Waals surface area (Å²) in [7, 11) is 0. The molecule has 1 unspecified atom stereocenters. The van der Waals surface area contributed by atoms with Crippen LogP contribution in [0.1, 0.15) is 43.1 Å². The topological polar surface area (TPSA) is 113 Å². The van der Waals surface area contributed by atoms with Crippen molar-refractivity contribution in [1.29, 1.82) is 0 Å². The van der Waals surface area contributed by atoms with Crippen LogP contribution < -0.4 is 5.32 Å². The molecule has 1 aromatic rings. The van der Waals surface area contributed by atoms with Gasteiger partial charge in [0.25, 0.3) is 0 Å². The number of rotatable bonds is 7. The van der Waals surface area contributed by atoms with E-state index in [9.17, 15) is 14.4 Å². The van der Waals surface area contributed by atoms with Crippen LogP contribution in [0.15, 0.2) is 24.3 Å². The van der Waals surface area contributed by atoms with E-state index in [1.165, 1.54) is 0 Å². The van der Waals surface area contributed by atoms with Crippen LogP contribution in [0.4, 0.5) is 0 Å². The molecule has 0 fully saturated rings. The summed E-state index contributed by atoms with van der Waals surface area (Å²) < 4.78 is 5.24. The molecule has 23 heavy (non-hydrogen) atoms. The maximum absolute atomic E-state index is 11.9. The number of hydrogen-bond donors (Lipinski definition) is 3. The largest absolute Gasteiger partial charge is 0.481 e. The predicted octanol–water partition coefficient (Wildman–Crippen LogP) is 1.66. The van der Waals surface area contributed by atoms with Gasteiger partial charge in [0.2, 0.25) is 0 Å². The highest BCUT2D eigenvalue weighted by atomic mass is 16.6. The van der Waals surface area contributed by atoms with Gasteiger partial charge in [-0.1, -0.05) is 12.1 Å². The molecule has 1 atom stereocenters. The molecule has 3 N–H and O–H groups in total. The third-order valence-electron chi connectivity index (χ3n) is 2.82. The number of aliphatic carboxylic acids is 2. The second-order valence-corrected chi connectivity index (χ2v) is 6.07. The van der Waals surface area contributed by atoms with Gasteiger partial charge in [0.05, 0.1) is 12.0 Å². The Balaban J connectivity index is 2.65. The summed E-state index contributed by atoms with van der Waals surface area (Å²) in [6.45, 7) is 5.51. The minimum Gasteiger partial charge on any atom is -0.481 e. The minimum absolute atomic E-state index is 0.179. The van der Waals surface area contributed by atoms with Gasteiger partial charge in [-0.2, -0.15) is 0 Å². The first-order chi connectivity index (χ1) is 10.6. The maximum Gasteiger partial charge on any atom is 0.338 e. The van der Waals surface area contributed by atoms with Gasteiger partial charge in [0.1, 0.15) is 11.6 Å². The fourth-order valence-electron chi connectivity index (χ4n) is 1.76. The van der Waals surface area contributed by atoms with E-state index in [2.05, 4.69) is 5.32 Å². The maximum atomic E-state index is 11.9. The fraction of sp³-hybridized carbons (Fsp3) is 0.438. The zero-order valence-electron chi connectivity index (χ0n) is 13.3. The van der Waals surface area contributed by atoms with Gasteiger partial charge >= 0.3 is 17.9 Å².